The van der Waals surface area contributed by atoms with Crippen molar-refractivity contribution >= 4 is 17.7 Å². The summed E-state index contributed by atoms with van der Waals surface area (Å²) in [6.45, 7) is 6.83. The number of nitrogens with zero attached hydrogens (tertiary/aromatic N) is 1. The van der Waals surface area contributed by atoms with Crippen LogP contribution in [0.4, 0.5) is 0 Å². The van der Waals surface area contributed by atoms with E-state index in [1.807, 2.05) is 18.7 Å². The quantitative estimate of drug-likeness (QED) is 0.734. The molecule has 0 bridgehead atoms. The zero-order chi connectivity index (χ0) is 11.3. The molecule has 15 heavy (non-hydrogen) atoms. The van der Waals surface area contributed by atoms with Crippen LogP contribution >= 0.6 is 11.8 Å². The molecule has 0 amide bonds. The molecular weight excluding hydrogens is 210 g/mol. The first kappa shape index (κ1) is 12.8. The Bertz CT molecular complexity index is 223. The van der Waals surface area contributed by atoms with Crippen LogP contribution in [0.15, 0.2) is 0 Å². The molecule has 1 saturated heterocycles. The lowest BCUT2D eigenvalue weighted by molar-refractivity contribution is -0.151. The molecule has 1 fully saturated rings. The first-order valence-corrected chi connectivity index (χ1v) is 6.77. The van der Waals surface area contributed by atoms with E-state index >= 15 is 0 Å². The van der Waals surface area contributed by atoms with Crippen molar-refractivity contribution in [2.45, 2.75) is 26.7 Å². The van der Waals surface area contributed by atoms with Gasteiger partial charge < -0.3 is 10.0 Å². The van der Waals surface area contributed by atoms with Gasteiger partial charge in [0.15, 0.2) is 0 Å². The first-order chi connectivity index (χ1) is 7.08. The highest BCUT2D eigenvalue weighted by Crippen LogP contribution is 2.29. The van der Waals surface area contributed by atoms with E-state index in [4.69, 9.17) is 5.11 Å². The molecule has 4 heteroatoms. The van der Waals surface area contributed by atoms with Gasteiger partial charge in [-0.1, -0.05) is 6.92 Å². The lowest BCUT2D eigenvalue weighted by Gasteiger charge is -2.37. The van der Waals surface area contributed by atoms with E-state index in [2.05, 4.69) is 11.8 Å². The van der Waals surface area contributed by atoms with E-state index in [0.29, 0.717) is 6.54 Å². The molecule has 1 rings (SSSR count). The van der Waals surface area contributed by atoms with Gasteiger partial charge in [0.05, 0.1) is 5.41 Å². The molecule has 0 aromatic carbocycles. The van der Waals surface area contributed by atoms with E-state index in [0.717, 1.165) is 37.4 Å². The van der Waals surface area contributed by atoms with Gasteiger partial charge in [0.25, 0.3) is 0 Å². The summed E-state index contributed by atoms with van der Waals surface area (Å²) in [6, 6.07) is 0. The summed E-state index contributed by atoms with van der Waals surface area (Å²) in [5.41, 5.74) is -0.519. The summed E-state index contributed by atoms with van der Waals surface area (Å²) in [7, 11) is 0. The summed E-state index contributed by atoms with van der Waals surface area (Å²) in [5.74, 6) is 1.62. The van der Waals surface area contributed by atoms with Crippen molar-refractivity contribution in [2.24, 2.45) is 5.41 Å². The van der Waals surface area contributed by atoms with Crippen LogP contribution in [-0.4, -0.2) is 47.1 Å². The van der Waals surface area contributed by atoms with Crippen LogP contribution in [-0.2, 0) is 4.79 Å². The third kappa shape index (κ3) is 3.68. The molecule has 1 heterocycles. The SMILES string of the molecule is CCSCCN1CCCC(C)(C(=O)O)C1. The standard InChI is InChI=1S/C11H21NO2S/c1-3-15-8-7-12-6-4-5-11(2,9-12)10(13)14/h3-9H2,1-2H3,(H,13,14). The molecule has 3 nitrogen and oxygen atoms in total. The fraction of sp³-hybridized carbons (Fsp3) is 0.909. The molecule has 1 unspecified atom stereocenters. The maximum Gasteiger partial charge on any atom is 0.310 e. The van der Waals surface area contributed by atoms with Crippen LogP contribution < -0.4 is 0 Å². The molecule has 0 saturated carbocycles. The molecule has 0 spiro atoms. The summed E-state index contributed by atoms with van der Waals surface area (Å²) in [4.78, 5) is 13.4. The second-order valence-corrected chi connectivity index (χ2v) is 5.84. The highest BCUT2D eigenvalue weighted by molar-refractivity contribution is 7.99. The third-order valence-electron chi connectivity index (χ3n) is 3.05. The van der Waals surface area contributed by atoms with Gasteiger partial charge in [-0.2, -0.15) is 11.8 Å². The molecular formula is C11H21NO2S. The Labute approximate surface area is 96.2 Å². The Morgan fingerprint density at radius 1 is 1.60 bits per heavy atom. The van der Waals surface area contributed by atoms with E-state index in [-0.39, 0.29) is 0 Å². The van der Waals surface area contributed by atoms with Gasteiger partial charge in [-0.15, -0.1) is 0 Å². The predicted octanol–water partition coefficient (Wildman–Crippen LogP) is 1.93. The molecule has 0 radical (unpaired) electrons. The minimum absolute atomic E-state index is 0.519. The molecule has 88 valence electrons. The smallest absolute Gasteiger partial charge is 0.310 e. The number of likely N-dealkylation sites (tertiary alicyclic amines) is 1. The van der Waals surface area contributed by atoms with Gasteiger partial charge in [0, 0.05) is 18.8 Å². The van der Waals surface area contributed by atoms with Crippen LogP contribution in [0.2, 0.25) is 0 Å². The summed E-state index contributed by atoms with van der Waals surface area (Å²) < 4.78 is 0. The molecule has 1 atom stereocenters. The van der Waals surface area contributed by atoms with Gasteiger partial charge in [-0.25, -0.2) is 0 Å². The molecule has 1 aliphatic heterocycles. The Morgan fingerprint density at radius 2 is 2.33 bits per heavy atom. The monoisotopic (exact) mass is 231 g/mol. The minimum Gasteiger partial charge on any atom is -0.481 e. The number of rotatable bonds is 5. The van der Waals surface area contributed by atoms with Crippen molar-refractivity contribution in [3.63, 3.8) is 0 Å². The second-order valence-electron chi connectivity index (χ2n) is 4.44. The summed E-state index contributed by atoms with van der Waals surface area (Å²) in [6.07, 6.45) is 1.83. The van der Waals surface area contributed by atoms with Crippen molar-refractivity contribution in [3.8, 4) is 0 Å². The van der Waals surface area contributed by atoms with E-state index < -0.39 is 11.4 Å². The van der Waals surface area contributed by atoms with Crippen molar-refractivity contribution in [3.05, 3.63) is 0 Å². The van der Waals surface area contributed by atoms with Crippen molar-refractivity contribution in [1.82, 2.24) is 4.90 Å². The molecule has 1 aliphatic rings. The average molecular weight is 231 g/mol. The normalized spacial score (nSPS) is 27.9. The third-order valence-corrected chi connectivity index (χ3v) is 3.93. The number of hydrogen-bond donors (Lipinski definition) is 1. The molecule has 0 aliphatic carbocycles. The van der Waals surface area contributed by atoms with Gasteiger partial charge in [-0.3, -0.25) is 4.79 Å². The Balaban J connectivity index is 2.38. The Kier molecular flexibility index (Phi) is 4.93. The molecule has 0 aromatic heterocycles. The van der Waals surface area contributed by atoms with Gasteiger partial charge in [0.1, 0.15) is 0 Å². The van der Waals surface area contributed by atoms with Gasteiger partial charge >= 0.3 is 5.97 Å². The number of aliphatic carboxylic acids is 1. The maximum absolute atomic E-state index is 11.1. The van der Waals surface area contributed by atoms with Crippen molar-refractivity contribution < 1.29 is 9.90 Å². The summed E-state index contributed by atoms with van der Waals surface area (Å²) >= 11 is 1.92. The molecule has 0 aromatic rings. The summed E-state index contributed by atoms with van der Waals surface area (Å²) in [5, 5.41) is 9.15. The van der Waals surface area contributed by atoms with Crippen LogP contribution in [0.1, 0.15) is 26.7 Å². The highest BCUT2D eigenvalue weighted by atomic mass is 32.2. The number of piperidine rings is 1. The zero-order valence-corrected chi connectivity index (χ0v) is 10.5. The number of carbonyl (C=O) groups is 1. The Hall–Kier alpha value is -0.220. The van der Waals surface area contributed by atoms with Crippen LogP contribution in [0.25, 0.3) is 0 Å². The van der Waals surface area contributed by atoms with Crippen LogP contribution in [0.3, 0.4) is 0 Å². The lowest BCUT2D eigenvalue weighted by Crippen LogP contribution is -2.46. The number of carboxylic acids is 1. The second kappa shape index (κ2) is 5.75. The number of carboxylic acid groups (broad SMARTS) is 1. The Morgan fingerprint density at radius 3 is 2.93 bits per heavy atom. The first-order valence-electron chi connectivity index (χ1n) is 5.62. The highest BCUT2D eigenvalue weighted by Gasteiger charge is 2.37. The molecule has 1 N–H and O–H groups in total. The minimum atomic E-state index is -0.643. The van der Waals surface area contributed by atoms with E-state index in [1.54, 1.807) is 0 Å². The fourth-order valence-corrected chi connectivity index (χ4v) is 2.72. The van der Waals surface area contributed by atoms with Gasteiger partial charge in [-0.05, 0) is 32.1 Å². The van der Waals surface area contributed by atoms with Crippen molar-refractivity contribution in [1.29, 1.82) is 0 Å². The van der Waals surface area contributed by atoms with E-state index in [9.17, 15) is 4.79 Å². The largest absolute Gasteiger partial charge is 0.481 e. The number of hydrogen-bond acceptors (Lipinski definition) is 3. The zero-order valence-electron chi connectivity index (χ0n) is 9.66. The van der Waals surface area contributed by atoms with E-state index in [1.165, 1.54) is 0 Å². The van der Waals surface area contributed by atoms with Gasteiger partial charge in [0.2, 0.25) is 0 Å². The van der Waals surface area contributed by atoms with Crippen LogP contribution in [0, 0.1) is 5.41 Å². The van der Waals surface area contributed by atoms with Crippen LogP contribution in [0.5, 0.6) is 0 Å². The predicted molar refractivity (Wildman–Crippen MR) is 64.4 cm³/mol. The maximum atomic E-state index is 11.1. The lowest BCUT2D eigenvalue weighted by atomic mass is 9.82. The van der Waals surface area contributed by atoms with Crippen molar-refractivity contribution in [2.75, 3.05) is 31.1 Å². The average Bonchev–Trinajstić information content (AvgIpc) is 2.18. The topological polar surface area (TPSA) is 40.5 Å². The number of thioether (sulfide) groups is 1. The fourth-order valence-electron chi connectivity index (χ4n) is 2.05.